The van der Waals surface area contributed by atoms with Gasteiger partial charge in [-0.25, -0.2) is 0 Å². The maximum Gasteiger partial charge on any atom is 0.387 e. The molecule has 0 radical (unpaired) electrons. The van der Waals surface area contributed by atoms with Crippen LogP contribution in [0.5, 0.6) is 5.75 Å². The largest absolute Gasteiger partial charge is 0.435 e. The van der Waals surface area contributed by atoms with Crippen molar-refractivity contribution < 1.29 is 13.5 Å². The van der Waals surface area contributed by atoms with Crippen LogP contribution >= 0.6 is 0 Å². The van der Waals surface area contributed by atoms with Gasteiger partial charge in [0.2, 0.25) is 0 Å². The van der Waals surface area contributed by atoms with Gasteiger partial charge >= 0.3 is 6.61 Å². The van der Waals surface area contributed by atoms with E-state index in [9.17, 15) is 8.78 Å². The molecule has 4 heteroatoms. The Kier molecular flexibility index (Phi) is 4.03. The molecule has 1 atom stereocenters. The lowest BCUT2D eigenvalue weighted by Gasteiger charge is -2.11. The summed E-state index contributed by atoms with van der Waals surface area (Å²) in [5.41, 5.74) is 7.23. The van der Waals surface area contributed by atoms with Gasteiger partial charge in [-0.2, -0.15) is 8.78 Å². The molecule has 0 saturated heterocycles. The molecule has 84 valence electrons. The molecule has 2 N–H and O–H groups in total. The van der Waals surface area contributed by atoms with Crippen LogP contribution in [0.1, 0.15) is 18.1 Å². The maximum absolute atomic E-state index is 12.0. The van der Waals surface area contributed by atoms with Gasteiger partial charge in [0.25, 0.3) is 0 Å². The zero-order valence-electron chi connectivity index (χ0n) is 8.84. The highest BCUT2D eigenvalue weighted by Crippen LogP contribution is 2.22. The van der Waals surface area contributed by atoms with E-state index in [0.29, 0.717) is 12.0 Å². The molecule has 0 aromatic heterocycles. The van der Waals surface area contributed by atoms with Crippen molar-refractivity contribution in [2.75, 3.05) is 0 Å². The summed E-state index contributed by atoms with van der Waals surface area (Å²) in [6, 6.07) is 5.25. The smallest absolute Gasteiger partial charge is 0.387 e. The molecule has 0 aliphatic rings. The monoisotopic (exact) mass is 215 g/mol. The number of nitrogens with two attached hydrogens (primary N) is 1. The van der Waals surface area contributed by atoms with E-state index in [1.54, 1.807) is 19.1 Å². The van der Waals surface area contributed by atoms with Gasteiger partial charge in [-0.3, -0.25) is 0 Å². The Morgan fingerprint density at radius 3 is 2.60 bits per heavy atom. The fourth-order valence-corrected chi connectivity index (χ4v) is 1.37. The lowest BCUT2D eigenvalue weighted by atomic mass is 10.1. The highest BCUT2D eigenvalue weighted by molar-refractivity contribution is 5.36. The summed E-state index contributed by atoms with van der Waals surface area (Å²) in [6.07, 6.45) is 0.653. The molecule has 0 unspecified atom stereocenters. The first-order valence-electron chi connectivity index (χ1n) is 4.79. The Balaban J connectivity index is 2.85. The first-order chi connectivity index (χ1) is 6.99. The predicted octanol–water partition coefficient (Wildman–Crippen LogP) is 2.49. The number of halogens is 2. The number of alkyl halides is 2. The van der Waals surface area contributed by atoms with E-state index < -0.39 is 6.61 Å². The number of rotatable bonds is 4. The van der Waals surface area contributed by atoms with Gasteiger partial charge in [-0.1, -0.05) is 12.1 Å². The fourth-order valence-electron chi connectivity index (χ4n) is 1.37. The summed E-state index contributed by atoms with van der Waals surface area (Å²) in [4.78, 5) is 0. The van der Waals surface area contributed by atoms with Gasteiger partial charge in [0.1, 0.15) is 5.75 Å². The van der Waals surface area contributed by atoms with Crippen LogP contribution in [0.2, 0.25) is 0 Å². The van der Waals surface area contributed by atoms with E-state index in [1.807, 2.05) is 13.0 Å². The minimum absolute atomic E-state index is 0.00658. The summed E-state index contributed by atoms with van der Waals surface area (Å²) in [5, 5.41) is 0. The average Bonchev–Trinajstić information content (AvgIpc) is 2.09. The van der Waals surface area contributed by atoms with Crippen LogP contribution in [-0.2, 0) is 6.42 Å². The molecule has 0 bridgehead atoms. The zero-order valence-corrected chi connectivity index (χ0v) is 8.84. The van der Waals surface area contributed by atoms with Crippen molar-refractivity contribution in [2.45, 2.75) is 32.9 Å². The minimum Gasteiger partial charge on any atom is -0.435 e. The molecule has 1 aromatic carbocycles. The van der Waals surface area contributed by atoms with Crippen LogP contribution < -0.4 is 10.5 Å². The van der Waals surface area contributed by atoms with E-state index in [0.717, 1.165) is 5.56 Å². The minimum atomic E-state index is -2.78. The second-order valence-corrected chi connectivity index (χ2v) is 3.66. The van der Waals surface area contributed by atoms with Crippen LogP contribution in [0.15, 0.2) is 18.2 Å². The van der Waals surface area contributed by atoms with Crippen molar-refractivity contribution >= 4 is 0 Å². The lowest BCUT2D eigenvalue weighted by Crippen LogP contribution is -2.17. The molecule has 1 aromatic rings. The van der Waals surface area contributed by atoms with Gasteiger partial charge in [0.05, 0.1) is 0 Å². The lowest BCUT2D eigenvalue weighted by molar-refractivity contribution is -0.0503. The third-order valence-corrected chi connectivity index (χ3v) is 2.03. The third kappa shape index (κ3) is 3.83. The molecule has 0 amide bonds. The Bertz CT molecular complexity index is 326. The summed E-state index contributed by atoms with van der Waals surface area (Å²) in [7, 11) is 0. The Morgan fingerprint density at radius 1 is 1.40 bits per heavy atom. The first-order valence-corrected chi connectivity index (χ1v) is 4.79. The highest BCUT2D eigenvalue weighted by atomic mass is 19.3. The number of benzene rings is 1. The third-order valence-electron chi connectivity index (χ3n) is 2.03. The fraction of sp³-hybridized carbons (Fsp3) is 0.455. The molecular formula is C11H15F2NO. The van der Waals surface area contributed by atoms with Gasteiger partial charge < -0.3 is 10.5 Å². The normalized spacial score (nSPS) is 12.9. The molecule has 15 heavy (non-hydrogen) atoms. The van der Waals surface area contributed by atoms with Crippen LogP contribution in [-0.4, -0.2) is 12.7 Å². The topological polar surface area (TPSA) is 35.2 Å². The van der Waals surface area contributed by atoms with Crippen LogP contribution in [0.4, 0.5) is 8.78 Å². The van der Waals surface area contributed by atoms with Gasteiger partial charge in [0, 0.05) is 6.04 Å². The van der Waals surface area contributed by atoms with Crippen molar-refractivity contribution in [3.63, 3.8) is 0 Å². The zero-order chi connectivity index (χ0) is 11.4. The summed E-state index contributed by atoms with van der Waals surface area (Å²) in [6.45, 7) is 0.815. The van der Waals surface area contributed by atoms with Crippen molar-refractivity contribution in [1.82, 2.24) is 0 Å². The molecule has 0 spiro atoms. The Morgan fingerprint density at radius 2 is 2.07 bits per heavy atom. The van der Waals surface area contributed by atoms with E-state index in [-0.39, 0.29) is 11.8 Å². The van der Waals surface area contributed by atoms with Crippen molar-refractivity contribution in [3.05, 3.63) is 29.3 Å². The second kappa shape index (κ2) is 5.07. The van der Waals surface area contributed by atoms with Crippen LogP contribution in [0.3, 0.4) is 0 Å². The molecular weight excluding hydrogens is 200 g/mol. The standard InChI is InChI=1S/C11H15F2NO/c1-7-3-4-9(5-8(2)14)6-10(7)15-11(12)13/h3-4,6,8,11H,5,14H2,1-2H3/t8-/m0/s1. The molecule has 0 saturated carbocycles. The quantitative estimate of drug-likeness (QED) is 0.837. The Hall–Kier alpha value is -1.16. The van der Waals surface area contributed by atoms with Crippen molar-refractivity contribution in [1.29, 1.82) is 0 Å². The first kappa shape index (κ1) is 11.9. The molecule has 0 heterocycles. The van der Waals surface area contributed by atoms with Crippen LogP contribution in [0.25, 0.3) is 0 Å². The molecule has 2 nitrogen and oxygen atoms in total. The van der Waals surface area contributed by atoms with E-state index in [2.05, 4.69) is 4.74 Å². The molecule has 0 aliphatic heterocycles. The van der Waals surface area contributed by atoms with Crippen molar-refractivity contribution in [2.24, 2.45) is 5.73 Å². The summed E-state index contributed by atoms with van der Waals surface area (Å²) < 4.78 is 28.5. The van der Waals surface area contributed by atoms with E-state index >= 15 is 0 Å². The number of ether oxygens (including phenoxy) is 1. The molecule has 0 fully saturated rings. The highest BCUT2D eigenvalue weighted by Gasteiger charge is 2.08. The summed E-state index contributed by atoms with van der Waals surface area (Å²) >= 11 is 0. The van der Waals surface area contributed by atoms with Gasteiger partial charge in [0.15, 0.2) is 0 Å². The number of aryl methyl sites for hydroxylation is 1. The molecule has 0 aliphatic carbocycles. The second-order valence-electron chi connectivity index (χ2n) is 3.66. The SMILES string of the molecule is Cc1ccc(C[C@H](C)N)cc1OC(F)F. The average molecular weight is 215 g/mol. The summed E-state index contributed by atoms with van der Waals surface area (Å²) in [5.74, 6) is 0.225. The number of hydrogen-bond donors (Lipinski definition) is 1. The van der Waals surface area contributed by atoms with Crippen molar-refractivity contribution in [3.8, 4) is 5.75 Å². The van der Waals surface area contributed by atoms with Crippen LogP contribution in [0, 0.1) is 6.92 Å². The Labute approximate surface area is 88.0 Å². The molecule has 1 rings (SSSR count). The maximum atomic E-state index is 12.0. The van der Waals surface area contributed by atoms with Gasteiger partial charge in [-0.05, 0) is 37.5 Å². The van der Waals surface area contributed by atoms with E-state index in [4.69, 9.17) is 5.73 Å². The predicted molar refractivity (Wildman–Crippen MR) is 55.2 cm³/mol. The number of hydrogen-bond acceptors (Lipinski definition) is 2. The van der Waals surface area contributed by atoms with E-state index in [1.165, 1.54) is 0 Å². The van der Waals surface area contributed by atoms with Gasteiger partial charge in [-0.15, -0.1) is 0 Å².